The smallest absolute Gasteiger partial charge is 0.451 e. The lowest BCUT2D eigenvalue weighted by Gasteiger charge is -2.28. The number of fused-ring (bicyclic) bond motifs is 1. The molecule has 1 aromatic carbocycles. The van der Waals surface area contributed by atoms with Gasteiger partial charge in [-0.3, -0.25) is 13.8 Å². The number of ether oxygens (including phenoxy) is 1. The van der Waals surface area contributed by atoms with Crippen LogP contribution in [0.15, 0.2) is 24.3 Å². The molecule has 2 amide bonds. The normalized spacial score (nSPS) is 14.6. The number of alkyl halides is 3. The molecule has 1 aromatic heterocycles. The van der Waals surface area contributed by atoms with Gasteiger partial charge in [-0.1, -0.05) is 12.1 Å². The van der Waals surface area contributed by atoms with Gasteiger partial charge >= 0.3 is 6.18 Å². The third-order valence-electron chi connectivity index (χ3n) is 4.58. The second kappa shape index (κ2) is 9.45. The van der Waals surface area contributed by atoms with E-state index < -0.39 is 34.6 Å². The Morgan fingerprint density at radius 2 is 1.90 bits per heavy atom. The lowest BCUT2D eigenvalue weighted by Crippen LogP contribution is -2.45. The van der Waals surface area contributed by atoms with Crippen molar-refractivity contribution in [1.82, 2.24) is 25.0 Å². The van der Waals surface area contributed by atoms with Crippen LogP contribution in [-0.4, -0.2) is 61.6 Å². The molecule has 1 aliphatic heterocycles. The third kappa shape index (κ3) is 5.81. The van der Waals surface area contributed by atoms with Gasteiger partial charge in [0, 0.05) is 29.6 Å². The van der Waals surface area contributed by atoms with Gasteiger partial charge in [-0.15, -0.1) is 10.2 Å². The predicted octanol–water partition coefficient (Wildman–Crippen LogP) is 0.713. The molecule has 0 saturated carbocycles. The van der Waals surface area contributed by atoms with Gasteiger partial charge in [-0.05, 0) is 17.7 Å². The van der Waals surface area contributed by atoms with Crippen LogP contribution in [0.2, 0.25) is 0 Å². The molecule has 31 heavy (non-hydrogen) atoms. The molecular weight excluding hydrogens is 439 g/mol. The monoisotopic (exact) mass is 459 g/mol. The van der Waals surface area contributed by atoms with Crippen molar-refractivity contribution in [3.8, 4) is 5.75 Å². The van der Waals surface area contributed by atoms with Gasteiger partial charge in [0.15, 0.2) is 5.82 Å². The van der Waals surface area contributed by atoms with E-state index in [2.05, 4.69) is 15.5 Å². The summed E-state index contributed by atoms with van der Waals surface area (Å²) in [5.74, 6) is -1.54. The standard InChI is InChI=1S/C18H20F3N5O4S/c1-30-13-4-2-12(3-5-13)10-31(29)11-15(27)22-8-16(28)25-6-7-26-14(9-25)23-24-17(26)18(19,20)21/h2-5H,6-11H2,1H3,(H,22,27). The second-order valence-electron chi connectivity index (χ2n) is 6.76. The van der Waals surface area contributed by atoms with Crippen molar-refractivity contribution in [3.63, 3.8) is 0 Å². The number of nitrogens with zero attached hydrogens (tertiary/aromatic N) is 4. The zero-order valence-corrected chi connectivity index (χ0v) is 17.3. The number of benzene rings is 1. The molecule has 9 nitrogen and oxygen atoms in total. The molecule has 0 saturated heterocycles. The van der Waals surface area contributed by atoms with E-state index in [1.54, 1.807) is 24.3 Å². The van der Waals surface area contributed by atoms with Crippen molar-refractivity contribution < 1.29 is 31.7 Å². The van der Waals surface area contributed by atoms with Crippen LogP contribution < -0.4 is 10.1 Å². The molecular formula is C18H20F3N5O4S. The number of carbonyl (C=O) groups is 2. The first kappa shape index (κ1) is 22.7. The van der Waals surface area contributed by atoms with Gasteiger partial charge in [0.25, 0.3) is 0 Å². The van der Waals surface area contributed by atoms with Crippen molar-refractivity contribution in [2.45, 2.75) is 25.0 Å². The Bertz CT molecular complexity index is 978. The fourth-order valence-corrected chi connectivity index (χ4v) is 4.08. The Labute approximate surface area is 178 Å². The van der Waals surface area contributed by atoms with Crippen LogP contribution in [0.5, 0.6) is 5.75 Å². The minimum absolute atomic E-state index is 0.0267. The van der Waals surface area contributed by atoms with Gasteiger partial charge < -0.3 is 19.5 Å². The quantitative estimate of drug-likeness (QED) is 0.654. The molecule has 0 fully saturated rings. The predicted molar refractivity (Wildman–Crippen MR) is 103 cm³/mol. The van der Waals surface area contributed by atoms with Crippen molar-refractivity contribution in [2.75, 3.05) is 26.0 Å². The van der Waals surface area contributed by atoms with Crippen LogP contribution in [0.3, 0.4) is 0 Å². The summed E-state index contributed by atoms with van der Waals surface area (Å²) < 4.78 is 56.7. The second-order valence-corrected chi connectivity index (χ2v) is 8.21. The molecule has 0 aliphatic carbocycles. The average molecular weight is 459 g/mol. The van der Waals surface area contributed by atoms with Crippen LogP contribution >= 0.6 is 0 Å². The maximum Gasteiger partial charge on any atom is 0.451 e. The summed E-state index contributed by atoms with van der Waals surface area (Å²) in [6, 6.07) is 6.94. The van der Waals surface area contributed by atoms with Crippen LogP contribution in [-0.2, 0) is 45.4 Å². The van der Waals surface area contributed by atoms with E-state index in [0.29, 0.717) is 5.75 Å². The zero-order chi connectivity index (χ0) is 22.6. The maximum atomic E-state index is 12.9. The molecule has 2 aromatic rings. The van der Waals surface area contributed by atoms with Crippen molar-refractivity contribution in [2.24, 2.45) is 0 Å². The fraction of sp³-hybridized carbons (Fsp3) is 0.444. The van der Waals surface area contributed by atoms with Gasteiger partial charge in [-0.2, -0.15) is 13.2 Å². The Morgan fingerprint density at radius 3 is 2.55 bits per heavy atom. The van der Waals surface area contributed by atoms with E-state index in [0.717, 1.165) is 10.1 Å². The highest BCUT2D eigenvalue weighted by atomic mass is 32.2. The van der Waals surface area contributed by atoms with Crippen molar-refractivity contribution in [3.05, 3.63) is 41.5 Å². The molecule has 13 heteroatoms. The molecule has 168 valence electrons. The van der Waals surface area contributed by atoms with E-state index in [-0.39, 0.29) is 43.5 Å². The SMILES string of the molecule is COc1ccc(CS(=O)CC(=O)NCC(=O)N2CCn3c(nnc3C(F)(F)F)C2)cc1. The summed E-state index contributed by atoms with van der Waals surface area (Å²) in [5.41, 5.74) is 0.777. The van der Waals surface area contributed by atoms with Crippen molar-refractivity contribution >= 4 is 22.6 Å². The molecule has 0 spiro atoms. The topological polar surface area (TPSA) is 106 Å². The molecule has 2 heterocycles. The molecule has 1 atom stereocenters. The van der Waals surface area contributed by atoms with E-state index in [9.17, 15) is 27.0 Å². The van der Waals surface area contributed by atoms with E-state index in [1.807, 2.05) is 0 Å². The zero-order valence-electron chi connectivity index (χ0n) is 16.5. The summed E-state index contributed by atoms with van der Waals surface area (Å²) in [6.07, 6.45) is -4.62. The van der Waals surface area contributed by atoms with Crippen molar-refractivity contribution in [1.29, 1.82) is 0 Å². The highest BCUT2D eigenvalue weighted by Gasteiger charge is 2.39. The summed E-state index contributed by atoms with van der Waals surface area (Å²) in [5, 5.41) is 9.06. The molecule has 3 rings (SSSR count). The Kier molecular flexibility index (Phi) is 6.93. The number of nitrogens with one attached hydrogen (secondary N) is 1. The number of rotatable bonds is 7. The summed E-state index contributed by atoms with van der Waals surface area (Å²) in [7, 11) is 0.0646. The molecule has 1 aliphatic rings. The highest BCUT2D eigenvalue weighted by molar-refractivity contribution is 7.84. The van der Waals surface area contributed by atoms with E-state index >= 15 is 0 Å². The minimum atomic E-state index is -4.62. The van der Waals surface area contributed by atoms with Crippen LogP contribution in [0.25, 0.3) is 0 Å². The maximum absolute atomic E-state index is 12.9. The number of aromatic nitrogens is 3. The number of carbonyl (C=O) groups excluding carboxylic acids is 2. The highest BCUT2D eigenvalue weighted by Crippen LogP contribution is 2.29. The lowest BCUT2D eigenvalue weighted by atomic mass is 10.2. The van der Waals surface area contributed by atoms with E-state index in [1.165, 1.54) is 12.0 Å². The van der Waals surface area contributed by atoms with Gasteiger partial charge in [0.2, 0.25) is 17.6 Å². The number of amides is 2. The first-order valence-corrected chi connectivity index (χ1v) is 10.7. The number of halogens is 3. The molecule has 1 N–H and O–H groups in total. The van der Waals surface area contributed by atoms with E-state index in [4.69, 9.17) is 4.74 Å². The van der Waals surface area contributed by atoms with Gasteiger partial charge in [-0.25, -0.2) is 0 Å². The third-order valence-corrected chi connectivity index (χ3v) is 5.81. The van der Waals surface area contributed by atoms with Crippen LogP contribution in [0.1, 0.15) is 17.2 Å². The number of hydrogen-bond donors (Lipinski definition) is 1. The van der Waals surface area contributed by atoms with Gasteiger partial charge in [0.1, 0.15) is 11.5 Å². The summed E-state index contributed by atoms with van der Waals surface area (Å²) >= 11 is 0. The average Bonchev–Trinajstić information content (AvgIpc) is 3.16. The Balaban J connectivity index is 1.45. The molecule has 0 bridgehead atoms. The summed E-state index contributed by atoms with van der Waals surface area (Å²) in [4.78, 5) is 25.6. The van der Waals surface area contributed by atoms with Crippen LogP contribution in [0, 0.1) is 0 Å². The fourth-order valence-electron chi connectivity index (χ4n) is 3.02. The summed E-state index contributed by atoms with van der Waals surface area (Å²) in [6.45, 7) is -0.547. The first-order valence-electron chi connectivity index (χ1n) is 9.19. The first-order chi connectivity index (χ1) is 14.7. The molecule has 0 radical (unpaired) electrons. The Morgan fingerprint density at radius 1 is 1.19 bits per heavy atom. The number of hydrogen-bond acceptors (Lipinski definition) is 6. The van der Waals surface area contributed by atoms with Gasteiger partial charge in [0.05, 0.1) is 20.2 Å². The number of methoxy groups -OCH3 is 1. The largest absolute Gasteiger partial charge is 0.497 e. The van der Waals surface area contributed by atoms with Crippen LogP contribution in [0.4, 0.5) is 13.2 Å². The Hall–Kier alpha value is -2.96. The lowest BCUT2D eigenvalue weighted by molar-refractivity contribution is -0.148. The minimum Gasteiger partial charge on any atom is -0.497 e. The molecule has 1 unspecified atom stereocenters.